The van der Waals surface area contributed by atoms with Crippen LogP contribution in [0.2, 0.25) is 0 Å². The molecule has 0 unspecified atom stereocenters. The number of carbonyl (C=O) groups excluding carboxylic acids is 1. The molecule has 1 amide bonds. The molecule has 2 aromatic carbocycles. The quantitative estimate of drug-likeness (QED) is 0.103. The molecule has 248 valence electrons. The zero-order valence-corrected chi connectivity index (χ0v) is 28.2. The van der Waals surface area contributed by atoms with Gasteiger partial charge in [-0.05, 0) is 78.3 Å². The van der Waals surface area contributed by atoms with Crippen molar-refractivity contribution in [2.75, 3.05) is 37.6 Å². The minimum absolute atomic E-state index is 0.0787. The number of carbonyl (C=O) groups is 1. The van der Waals surface area contributed by atoms with Crippen LogP contribution >= 0.6 is 11.8 Å². The van der Waals surface area contributed by atoms with Crippen molar-refractivity contribution in [1.29, 1.82) is 0 Å². The number of benzene rings is 2. The maximum atomic E-state index is 15.3. The molecule has 0 saturated heterocycles. The standard InChI is InChI=1S/C35H37FN8O3S/c1-5-24-26(36)10-9-21-15-23(47-20-46-4)17-25(31(21)24)30-18-27-32(29-11-12-38-44(29)30)33(40-35(39-27)48-7-3)42-13-8-14-43-22(19-42)16-28(41-43)34(45)37-6-2/h9-12,15-18H,5-8,13-14,19-20H2,1-4H3,(H,37,45). The third-order valence-electron chi connectivity index (χ3n) is 8.57. The Morgan fingerprint density at radius 3 is 2.73 bits per heavy atom. The second kappa shape index (κ2) is 13.4. The summed E-state index contributed by atoms with van der Waals surface area (Å²) in [6, 6.07) is 13.0. The number of rotatable bonds is 10. The van der Waals surface area contributed by atoms with E-state index in [0.717, 1.165) is 68.7 Å². The van der Waals surface area contributed by atoms with Gasteiger partial charge in [-0.2, -0.15) is 10.2 Å². The number of nitrogens with zero attached hydrogens (tertiary/aromatic N) is 7. The highest BCUT2D eigenvalue weighted by Crippen LogP contribution is 2.40. The Morgan fingerprint density at radius 1 is 1.06 bits per heavy atom. The average molecular weight is 669 g/mol. The van der Waals surface area contributed by atoms with E-state index in [9.17, 15) is 4.79 Å². The van der Waals surface area contributed by atoms with E-state index in [1.165, 1.54) is 6.07 Å². The second-order valence-electron chi connectivity index (χ2n) is 11.6. The highest BCUT2D eigenvalue weighted by Gasteiger charge is 2.25. The number of thioether (sulfide) groups is 1. The number of pyridine rings is 1. The van der Waals surface area contributed by atoms with Gasteiger partial charge in [-0.15, -0.1) is 0 Å². The van der Waals surface area contributed by atoms with E-state index < -0.39 is 0 Å². The monoisotopic (exact) mass is 668 g/mol. The molecule has 0 spiro atoms. The Bertz CT molecular complexity index is 2160. The van der Waals surface area contributed by atoms with Gasteiger partial charge in [-0.1, -0.05) is 31.7 Å². The van der Waals surface area contributed by atoms with Gasteiger partial charge < -0.3 is 19.7 Å². The topological polar surface area (TPSA) is 112 Å². The van der Waals surface area contributed by atoms with Crippen molar-refractivity contribution < 1.29 is 18.7 Å². The maximum absolute atomic E-state index is 15.3. The number of methoxy groups -OCH3 is 1. The Kier molecular flexibility index (Phi) is 8.88. The first-order chi connectivity index (χ1) is 23.4. The first-order valence-electron chi connectivity index (χ1n) is 16.2. The molecule has 0 bridgehead atoms. The molecule has 11 nitrogen and oxygen atoms in total. The molecule has 6 aromatic rings. The van der Waals surface area contributed by atoms with Gasteiger partial charge in [0, 0.05) is 32.3 Å². The molecule has 1 N–H and O–H groups in total. The normalized spacial score (nSPS) is 13.3. The van der Waals surface area contributed by atoms with Crippen molar-refractivity contribution in [3.8, 4) is 17.0 Å². The molecule has 0 saturated carbocycles. The van der Waals surface area contributed by atoms with Crippen molar-refractivity contribution >= 4 is 50.7 Å². The number of halogens is 1. The van der Waals surface area contributed by atoms with Gasteiger partial charge in [0.1, 0.15) is 17.4 Å². The van der Waals surface area contributed by atoms with Crippen LogP contribution in [0.5, 0.6) is 5.75 Å². The lowest BCUT2D eigenvalue weighted by Crippen LogP contribution is -2.25. The summed E-state index contributed by atoms with van der Waals surface area (Å²) >= 11 is 1.58. The van der Waals surface area contributed by atoms with Gasteiger partial charge in [-0.25, -0.2) is 18.9 Å². The van der Waals surface area contributed by atoms with Crippen LogP contribution in [0, 0.1) is 5.82 Å². The smallest absolute Gasteiger partial charge is 0.271 e. The summed E-state index contributed by atoms with van der Waals surface area (Å²) < 4.78 is 30.2. The van der Waals surface area contributed by atoms with E-state index in [-0.39, 0.29) is 18.5 Å². The zero-order valence-electron chi connectivity index (χ0n) is 27.4. The number of anilines is 1. The summed E-state index contributed by atoms with van der Waals surface area (Å²) in [5.74, 6) is 1.77. The van der Waals surface area contributed by atoms with Crippen LogP contribution in [0.15, 0.2) is 53.8 Å². The van der Waals surface area contributed by atoms with Crippen molar-refractivity contribution in [2.45, 2.75) is 51.9 Å². The molecular formula is C35H37FN8O3S. The van der Waals surface area contributed by atoms with Crippen molar-refractivity contribution in [2.24, 2.45) is 0 Å². The van der Waals surface area contributed by atoms with Crippen LogP contribution in [0.1, 0.15) is 48.9 Å². The van der Waals surface area contributed by atoms with E-state index in [1.54, 1.807) is 31.1 Å². The predicted molar refractivity (Wildman–Crippen MR) is 185 cm³/mol. The number of hydrogen-bond donors (Lipinski definition) is 1. The number of aryl methyl sites for hydroxylation is 2. The molecule has 1 aliphatic heterocycles. The van der Waals surface area contributed by atoms with Gasteiger partial charge in [0.05, 0.1) is 40.5 Å². The molecule has 0 atom stereocenters. The van der Waals surface area contributed by atoms with Crippen LogP contribution in [-0.4, -0.2) is 68.0 Å². The summed E-state index contributed by atoms with van der Waals surface area (Å²) in [5, 5.41) is 15.4. The Morgan fingerprint density at radius 2 is 1.94 bits per heavy atom. The maximum Gasteiger partial charge on any atom is 0.271 e. The Balaban J connectivity index is 1.45. The number of hydrogen-bond acceptors (Lipinski definition) is 9. The molecular weight excluding hydrogens is 632 g/mol. The van der Waals surface area contributed by atoms with Gasteiger partial charge >= 0.3 is 0 Å². The first-order valence-corrected chi connectivity index (χ1v) is 17.2. The van der Waals surface area contributed by atoms with Gasteiger partial charge in [-0.3, -0.25) is 9.48 Å². The van der Waals surface area contributed by atoms with Gasteiger partial charge in [0.25, 0.3) is 5.91 Å². The van der Waals surface area contributed by atoms with Crippen LogP contribution in [0.4, 0.5) is 10.2 Å². The average Bonchev–Trinajstić information content (AvgIpc) is 3.69. The van der Waals surface area contributed by atoms with E-state index in [2.05, 4.69) is 22.2 Å². The zero-order chi connectivity index (χ0) is 33.4. The lowest BCUT2D eigenvalue weighted by molar-refractivity contribution is 0.0512. The van der Waals surface area contributed by atoms with Crippen LogP contribution in [0.25, 0.3) is 38.4 Å². The summed E-state index contributed by atoms with van der Waals surface area (Å²) in [6.45, 7) is 8.51. The molecule has 48 heavy (non-hydrogen) atoms. The summed E-state index contributed by atoms with van der Waals surface area (Å²) in [6.07, 6.45) is 3.10. The van der Waals surface area contributed by atoms with E-state index in [4.69, 9.17) is 24.5 Å². The SMILES string of the molecule is CCNC(=O)c1cc2n(n1)CCCN(c1nc(SCC)nc3cc(-c4cc(OCOC)cc5ccc(F)c(CC)c45)n4nccc4c13)C2. The summed E-state index contributed by atoms with van der Waals surface area (Å²) in [5.41, 5.74) is 5.11. The van der Waals surface area contributed by atoms with Gasteiger partial charge in [0.2, 0.25) is 0 Å². The lowest BCUT2D eigenvalue weighted by Gasteiger charge is -2.24. The van der Waals surface area contributed by atoms with Crippen LogP contribution < -0.4 is 15.0 Å². The summed E-state index contributed by atoms with van der Waals surface area (Å²) in [7, 11) is 1.58. The lowest BCUT2D eigenvalue weighted by atomic mass is 9.94. The van der Waals surface area contributed by atoms with Crippen molar-refractivity contribution in [1.82, 2.24) is 34.7 Å². The minimum Gasteiger partial charge on any atom is -0.468 e. The highest BCUT2D eigenvalue weighted by molar-refractivity contribution is 7.99. The number of nitrogens with one attached hydrogen (secondary N) is 1. The fourth-order valence-electron chi connectivity index (χ4n) is 6.54. The van der Waals surface area contributed by atoms with E-state index >= 15 is 4.39 Å². The number of ether oxygens (including phenoxy) is 2. The van der Waals surface area contributed by atoms with Crippen molar-refractivity contribution in [3.63, 3.8) is 0 Å². The fraction of sp³-hybridized carbons (Fsp3) is 0.343. The highest BCUT2D eigenvalue weighted by atomic mass is 32.2. The second-order valence-corrected chi connectivity index (χ2v) is 12.8. The first kappa shape index (κ1) is 31.8. The van der Waals surface area contributed by atoms with E-state index in [0.29, 0.717) is 48.2 Å². The minimum atomic E-state index is -0.253. The van der Waals surface area contributed by atoms with Crippen LogP contribution in [-0.2, 0) is 24.2 Å². The molecule has 0 radical (unpaired) electrons. The fourth-order valence-corrected chi connectivity index (χ4v) is 7.11. The molecule has 0 fully saturated rings. The molecule has 0 aliphatic carbocycles. The van der Waals surface area contributed by atoms with Crippen molar-refractivity contribution in [3.05, 3.63) is 71.4 Å². The molecule has 1 aliphatic rings. The molecule has 4 aromatic heterocycles. The largest absolute Gasteiger partial charge is 0.468 e. The van der Waals surface area contributed by atoms with Gasteiger partial charge in [0.15, 0.2) is 17.6 Å². The third kappa shape index (κ3) is 5.70. The molecule has 7 rings (SSSR count). The Hall–Kier alpha value is -4.75. The van der Waals surface area contributed by atoms with Crippen LogP contribution in [0.3, 0.4) is 0 Å². The Labute approximate surface area is 281 Å². The predicted octanol–water partition coefficient (Wildman–Crippen LogP) is 6.25. The molecule has 13 heteroatoms. The number of fused-ring (bicyclic) bond motifs is 5. The van der Waals surface area contributed by atoms with E-state index in [1.807, 2.05) is 53.4 Å². The summed E-state index contributed by atoms with van der Waals surface area (Å²) in [4.78, 5) is 25.0. The number of amides is 1. The third-order valence-corrected chi connectivity index (χ3v) is 9.30. The molecule has 5 heterocycles. The number of aromatic nitrogens is 6.